The van der Waals surface area contributed by atoms with Crippen LogP contribution in [0.3, 0.4) is 0 Å². The molecule has 0 saturated carbocycles. The summed E-state index contributed by atoms with van der Waals surface area (Å²) in [5.74, 6) is 0. The average molecular weight is 312 g/mol. The lowest BCUT2D eigenvalue weighted by Gasteiger charge is -2.06. The number of pyridine rings is 2. The van der Waals surface area contributed by atoms with Gasteiger partial charge in [-0.3, -0.25) is 9.67 Å². The van der Waals surface area contributed by atoms with E-state index in [9.17, 15) is 0 Å². The second kappa shape index (κ2) is 5.27. The molecule has 24 heavy (non-hydrogen) atoms. The lowest BCUT2D eigenvalue weighted by molar-refractivity contribution is 0.658. The number of nitrogens with zero attached hydrogens (tertiary/aromatic N) is 4. The Kier molecular flexibility index (Phi) is 2.95. The SMILES string of the molecule is c1ccc(-c2nn3c(c2-c2ccc4ccccc4n2)CCC3)nc1. The molecule has 4 heterocycles. The third-order valence-electron chi connectivity index (χ3n) is 4.60. The Morgan fingerprint density at radius 1 is 0.875 bits per heavy atom. The van der Waals surface area contributed by atoms with Crippen LogP contribution in [0, 0.1) is 0 Å². The zero-order chi connectivity index (χ0) is 15.9. The third kappa shape index (κ3) is 2.03. The van der Waals surface area contributed by atoms with Gasteiger partial charge in [0.05, 0.1) is 22.5 Å². The molecular weight excluding hydrogens is 296 g/mol. The van der Waals surface area contributed by atoms with Crippen LogP contribution in [0.4, 0.5) is 0 Å². The van der Waals surface area contributed by atoms with E-state index in [4.69, 9.17) is 10.1 Å². The fourth-order valence-corrected chi connectivity index (χ4v) is 3.49. The molecule has 0 radical (unpaired) electrons. The lowest BCUT2D eigenvalue weighted by Crippen LogP contribution is -1.94. The minimum Gasteiger partial charge on any atom is -0.268 e. The van der Waals surface area contributed by atoms with Crippen molar-refractivity contribution < 1.29 is 0 Å². The topological polar surface area (TPSA) is 43.6 Å². The molecule has 4 heteroatoms. The molecule has 116 valence electrons. The molecule has 0 saturated heterocycles. The molecule has 0 fully saturated rings. The van der Waals surface area contributed by atoms with Crippen molar-refractivity contribution in [3.8, 4) is 22.6 Å². The molecule has 0 N–H and O–H groups in total. The van der Waals surface area contributed by atoms with Crippen LogP contribution >= 0.6 is 0 Å². The van der Waals surface area contributed by atoms with Crippen LogP contribution in [0.5, 0.6) is 0 Å². The van der Waals surface area contributed by atoms with Gasteiger partial charge in [-0.2, -0.15) is 5.10 Å². The molecule has 4 nitrogen and oxygen atoms in total. The molecule has 1 aliphatic heterocycles. The van der Waals surface area contributed by atoms with Crippen molar-refractivity contribution in [1.29, 1.82) is 0 Å². The predicted molar refractivity (Wildman–Crippen MR) is 94.5 cm³/mol. The standard InChI is InChI=1S/C20H16N4/c1-2-7-15-14(6-1)10-11-16(22-15)19-18-9-5-13-24(18)23-20(19)17-8-3-4-12-21-17/h1-4,6-8,10-12H,5,9,13H2. The summed E-state index contributed by atoms with van der Waals surface area (Å²) < 4.78 is 2.12. The monoisotopic (exact) mass is 312 g/mol. The fourth-order valence-electron chi connectivity index (χ4n) is 3.49. The van der Waals surface area contributed by atoms with Gasteiger partial charge >= 0.3 is 0 Å². The first kappa shape index (κ1) is 13.4. The van der Waals surface area contributed by atoms with Gasteiger partial charge in [0.1, 0.15) is 5.69 Å². The Hall–Kier alpha value is -3.01. The number of para-hydroxylation sites is 1. The van der Waals surface area contributed by atoms with E-state index >= 15 is 0 Å². The Morgan fingerprint density at radius 3 is 2.71 bits per heavy atom. The Labute approximate surface area is 139 Å². The van der Waals surface area contributed by atoms with Gasteiger partial charge in [0.25, 0.3) is 0 Å². The maximum atomic E-state index is 4.90. The summed E-state index contributed by atoms with van der Waals surface area (Å²) in [6, 6.07) is 18.4. The average Bonchev–Trinajstić information content (AvgIpc) is 3.23. The molecule has 0 aliphatic carbocycles. The summed E-state index contributed by atoms with van der Waals surface area (Å²) >= 11 is 0. The highest BCUT2D eigenvalue weighted by Crippen LogP contribution is 2.36. The zero-order valence-electron chi connectivity index (χ0n) is 13.2. The van der Waals surface area contributed by atoms with Crippen molar-refractivity contribution in [1.82, 2.24) is 19.7 Å². The maximum absolute atomic E-state index is 4.90. The van der Waals surface area contributed by atoms with E-state index in [0.717, 1.165) is 52.9 Å². The molecule has 0 atom stereocenters. The number of hydrogen-bond donors (Lipinski definition) is 0. The van der Waals surface area contributed by atoms with Crippen molar-refractivity contribution in [3.05, 3.63) is 66.5 Å². The normalized spacial score (nSPS) is 13.3. The van der Waals surface area contributed by atoms with Gasteiger partial charge in [0.2, 0.25) is 0 Å². The lowest BCUT2D eigenvalue weighted by atomic mass is 10.0. The number of hydrogen-bond acceptors (Lipinski definition) is 3. The smallest absolute Gasteiger partial charge is 0.120 e. The summed E-state index contributed by atoms with van der Waals surface area (Å²) in [7, 11) is 0. The molecule has 5 rings (SSSR count). The van der Waals surface area contributed by atoms with Crippen molar-refractivity contribution >= 4 is 10.9 Å². The van der Waals surface area contributed by atoms with E-state index in [-0.39, 0.29) is 0 Å². The predicted octanol–water partition coefficient (Wildman–Crippen LogP) is 4.11. The van der Waals surface area contributed by atoms with Crippen LogP contribution < -0.4 is 0 Å². The molecule has 4 aromatic rings. The number of aromatic nitrogens is 4. The zero-order valence-corrected chi connectivity index (χ0v) is 13.2. The molecule has 1 aliphatic rings. The molecule has 0 unspecified atom stereocenters. The Morgan fingerprint density at radius 2 is 1.79 bits per heavy atom. The Balaban J connectivity index is 1.77. The van der Waals surface area contributed by atoms with Crippen LogP contribution in [-0.2, 0) is 13.0 Å². The quantitative estimate of drug-likeness (QED) is 0.559. The van der Waals surface area contributed by atoms with Gasteiger partial charge < -0.3 is 0 Å². The van der Waals surface area contributed by atoms with Crippen LogP contribution in [0.1, 0.15) is 12.1 Å². The van der Waals surface area contributed by atoms with Crippen LogP contribution in [0.25, 0.3) is 33.5 Å². The number of benzene rings is 1. The highest BCUT2D eigenvalue weighted by Gasteiger charge is 2.25. The molecule has 0 bridgehead atoms. The van der Waals surface area contributed by atoms with Gasteiger partial charge in [0.15, 0.2) is 0 Å². The summed E-state index contributed by atoms with van der Waals surface area (Å²) in [4.78, 5) is 9.41. The number of rotatable bonds is 2. The molecule has 3 aromatic heterocycles. The second-order valence-corrected chi connectivity index (χ2v) is 6.10. The molecule has 0 amide bonds. The van der Waals surface area contributed by atoms with Gasteiger partial charge in [-0.25, -0.2) is 4.98 Å². The van der Waals surface area contributed by atoms with E-state index in [1.54, 1.807) is 0 Å². The summed E-state index contributed by atoms with van der Waals surface area (Å²) in [5.41, 5.74) is 6.25. The van der Waals surface area contributed by atoms with E-state index in [2.05, 4.69) is 33.9 Å². The summed E-state index contributed by atoms with van der Waals surface area (Å²) in [6.45, 7) is 0.975. The van der Waals surface area contributed by atoms with Gasteiger partial charge in [-0.1, -0.05) is 30.3 Å². The van der Waals surface area contributed by atoms with E-state index in [1.807, 2.05) is 36.5 Å². The van der Waals surface area contributed by atoms with Crippen LogP contribution in [-0.4, -0.2) is 19.7 Å². The van der Waals surface area contributed by atoms with E-state index < -0.39 is 0 Å². The highest BCUT2D eigenvalue weighted by atomic mass is 15.3. The number of aryl methyl sites for hydroxylation is 1. The Bertz CT molecular complexity index is 1030. The minimum atomic E-state index is 0.907. The highest BCUT2D eigenvalue weighted by molar-refractivity contribution is 5.85. The van der Waals surface area contributed by atoms with Gasteiger partial charge in [-0.15, -0.1) is 0 Å². The maximum Gasteiger partial charge on any atom is 0.120 e. The number of fused-ring (bicyclic) bond motifs is 2. The first-order chi connectivity index (χ1) is 11.9. The van der Waals surface area contributed by atoms with Crippen molar-refractivity contribution in [2.24, 2.45) is 0 Å². The second-order valence-electron chi connectivity index (χ2n) is 6.10. The van der Waals surface area contributed by atoms with Crippen LogP contribution in [0.15, 0.2) is 60.8 Å². The largest absolute Gasteiger partial charge is 0.268 e. The fraction of sp³-hybridized carbons (Fsp3) is 0.150. The summed E-state index contributed by atoms with van der Waals surface area (Å²) in [6.07, 6.45) is 4.01. The van der Waals surface area contributed by atoms with Crippen molar-refractivity contribution in [3.63, 3.8) is 0 Å². The third-order valence-corrected chi connectivity index (χ3v) is 4.60. The molecular formula is C20H16N4. The van der Waals surface area contributed by atoms with Crippen LogP contribution in [0.2, 0.25) is 0 Å². The minimum absolute atomic E-state index is 0.907. The van der Waals surface area contributed by atoms with E-state index in [1.165, 1.54) is 5.69 Å². The first-order valence-electron chi connectivity index (χ1n) is 8.27. The van der Waals surface area contributed by atoms with Gasteiger partial charge in [0, 0.05) is 23.8 Å². The molecule has 1 aromatic carbocycles. The first-order valence-corrected chi connectivity index (χ1v) is 8.27. The molecule has 0 spiro atoms. The summed E-state index contributed by atoms with van der Waals surface area (Å²) in [5, 5.41) is 5.99. The van der Waals surface area contributed by atoms with Gasteiger partial charge in [-0.05, 0) is 37.1 Å². The van der Waals surface area contributed by atoms with E-state index in [0.29, 0.717) is 0 Å². The van der Waals surface area contributed by atoms with Crippen molar-refractivity contribution in [2.75, 3.05) is 0 Å². The van der Waals surface area contributed by atoms with Crippen molar-refractivity contribution in [2.45, 2.75) is 19.4 Å².